The predicted molar refractivity (Wildman–Crippen MR) is 102 cm³/mol. The standard InChI is InChI=1S/C21H30N2O2/c1-3-4-5-6-7-8-9-10-15-23-21(25)20(16-22)17(2)18-11-13-19(24)14-12-18/h11-14,24H,3-10,15H2,1-2H3,(H,23,25)/b20-17-. The van der Waals surface area contributed by atoms with Gasteiger partial charge in [0.05, 0.1) is 0 Å². The van der Waals surface area contributed by atoms with Crippen molar-refractivity contribution in [2.24, 2.45) is 0 Å². The van der Waals surface area contributed by atoms with Gasteiger partial charge in [0.1, 0.15) is 17.4 Å². The van der Waals surface area contributed by atoms with Gasteiger partial charge in [-0.25, -0.2) is 0 Å². The van der Waals surface area contributed by atoms with Crippen LogP contribution >= 0.6 is 0 Å². The summed E-state index contributed by atoms with van der Waals surface area (Å²) in [6.45, 7) is 4.57. The Hall–Kier alpha value is -2.28. The number of nitrogens with one attached hydrogen (secondary N) is 1. The number of amides is 1. The quantitative estimate of drug-likeness (QED) is 0.339. The Morgan fingerprint density at radius 1 is 1.04 bits per heavy atom. The van der Waals surface area contributed by atoms with E-state index in [-0.39, 0.29) is 17.2 Å². The molecule has 136 valence electrons. The molecular formula is C21H30N2O2. The van der Waals surface area contributed by atoms with Crippen LogP contribution in [0.3, 0.4) is 0 Å². The molecule has 0 aliphatic carbocycles. The lowest BCUT2D eigenvalue weighted by atomic mass is 10.0. The number of allylic oxidation sites excluding steroid dienone is 1. The fourth-order valence-corrected chi connectivity index (χ4v) is 2.71. The van der Waals surface area contributed by atoms with Gasteiger partial charge < -0.3 is 10.4 Å². The van der Waals surface area contributed by atoms with Gasteiger partial charge in [-0.15, -0.1) is 0 Å². The molecule has 0 aliphatic rings. The summed E-state index contributed by atoms with van der Waals surface area (Å²) in [4.78, 5) is 12.2. The summed E-state index contributed by atoms with van der Waals surface area (Å²) < 4.78 is 0. The third kappa shape index (κ3) is 7.89. The monoisotopic (exact) mass is 342 g/mol. The second-order valence-electron chi connectivity index (χ2n) is 6.39. The van der Waals surface area contributed by atoms with Gasteiger partial charge in [-0.2, -0.15) is 5.26 Å². The number of hydrogen-bond donors (Lipinski definition) is 2. The maximum absolute atomic E-state index is 12.2. The van der Waals surface area contributed by atoms with Crippen molar-refractivity contribution in [1.29, 1.82) is 5.26 Å². The Kier molecular flexibility index (Phi) is 10.1. The summed E-state index contributed by atoms with van der Waals surface area (Å²) in [7, 11) is 0. The fourth-order valence-electron chi connectivity index (χ4n) is 2.71. The molecule has 1 rings (SSSR count). The lowest BCUT2D eigenvalue weighted by Gasteiger charge is -2.08. The van der Waals surface area contributed by atoms with Crippen LogP contribution in [0, 0.1) is 11.3 Å². The van der Waals surface area contributed by atoms with E-state index in [9.17, 15) is 15.2 Å². The van der Waals surface area contributed by atoms with Crippen LogP contribution in [0.1, 0.15) is 70.8 Å². The fraction of sp³-hybridized carbons (Fsp3) is 0.524. The van der Waals surface area contributed by atoms with Crippen LogP contribution in [0.25, 0.3) is 5.57 Å². The summed E-state index contributed by atoms with van der Waals surface area (Å²) in [5.41, 5.74) is 1.51. The highest BCUT2D eigenvalue weighted by atomic mass is 16.3. The van der Waals surface area contributed by atoms with Crippen LogP contribution in [-0.4, -0.2) is 17.6 Å². The van der Waals surface area contributed by atoms with Crippen molar-refractivity contribution in [3.63, 3.8) is 0 Å². The van der Waals surface area contributed by atoms with E-state index in [1.807, 2.05) is 6.07 Å². The molecule has 2 N–H and O–H groups in total. The van der Waals surface area contributed by atoms with E-state index in [1.165, 1.54) is 38.5 Å². The van der Waals surface area contributed by atoms with E-state index >= 15 is 0 Å². The first-order valence-electron chi connectivity index (χ1n) is 9.28. The van der Waals surface area contributed by atoms with Crippen molar-refractivity contribution < 1.29 is 9.90 Å². The highest BCUT2D eigenvalue weighted by Gasteiger charge is 2.13. The number of carbonyl (C=O) groups is 1. The molecule has 1 aromatic rings. The minimum atomic E-state index is -0.323. The van der Waals surface area contributed by atoms with Crippen molar-refractivity contribution in [3.05, 3.63) is 35.4 Å². The van der Waals surface area contributed by atoms with Gasteiger partial charge in [0, 0.05) is 6.54 Å². The Balaban J connectivity index is 2.38. The third-order valence-corrected chi connectivity index (χ3v) is 4.33. The number of hydrogen-bond acceptors (Lipinski definition) is 3. The highest BCUT2D eigenvalue weighted by Crippen LogP contribution is 2.20. The van der Waals surface area contributed by atoms with E-state index < -0.39 is 0 Å². The maximum atomic E-state index is 12.2. The summed E-state index contributed by atoms with van der Waals surface area (Å²) >= 11 is 0. The molecule has 0 radical (unpaired) electrons. The largest absolute Gasteiger partial charge is 0.508 e. The first-order valence-corrected chi connectivity index (χ1v) is 9.28. The van der Waals surface area contributed by atoms with Crippen molar-refractivity contribution >= 4 is 11.5 Å². The Bertz CT molecular complexity index is 597. The third-order valence-electron chi connectivity index (χ3n) is 4.33. The predicted octanol–water partition coefficient (Wildman–Crippen LogP) is 4.95. The number of phenolic OH excluding ortho intramolecular Hbond substituents is 1. The molecule has 0 saturated carbocycles. The van der Waals surface area contributed by atoms with Gasteiger partial charge in [0.2, 0.25) is 0 Å². The molecule has 1 amide bonds. The van der Waals surface area contributed by atoms with Gasteiger partial charge in [0.15, 0.2) is 0 Å². The number of aromatic hydroxyl groups is 1. The molecule has 0 aromatic heterocycles. The topological polar surface area (TPSA) is 73.1 Å². The van der Waals surface area contributed by atoms with E-state index in [0.29, 0.717) is 12.1 Å². The van der Waals surface area contributed by atoms with Crippen LogP contribution in [0.4, 0.5) is 0 Å². The molecule has 0 heterocycles. The van der Waals surface area contributed by atoms with E-state index in [4.69, 9.17) is 0 Å². The van der Waals surface area contributed by atoms with Crippen LogP contribution < -0.4 is 5.32 Å². The van der Waals surface area contributed by atoms with Crippen LogP contribution in [-0.2, 0) is 4.79 Å². The van der Waals surface area contributed by atoms with Crippen molar-refractivity contribution in [1.82, 2.24) is 5.32 Å². The lowest BCUT2D eigenvalue weighted by molar-refractivity contribution is -0.117. The number of nitriles is 1. The van der Waals surface area contributed by atoms with Gasteiger partial charge >= 0.3 is 0 Å². The first-order chi connectivity index (χ1) is 12.1. The van der Waals surface area contributed by atoms with Crippen LogP contribution in [0.15, 0.2) is 29.8 Å². The molecule has 0 unspecified atom stereocenters. The highest BCUT2D eigenvalue weighted by molar-refractivity contribution is 6.04. The first kappa shape index (κ1) is 20.8. The number of unbranched alkanes of at least 4 members (excludes halogenated alkanes) is 7. The van der Waals surface area contributed by atoms with E-state index in [2.05, 4.69) is 12.2 Å². The summed E-state index contributed by atoms with van der Waals surface area (Å²) in [5, 5.41) is 21.5. The molecule has 4 heteroatoms. The smallest absolute Gasteiger partial charge is 0.262 e. The van der Waals surface area contributed by atoms with Crippen molar-refractivity contribution in [3.8, 4) is 11.8 Å². The van der Waals surface area contributed by atoms with Gasteiger partial charge in [-0.3, -0.25) is 4.79 Å². The SMILES string of the molecule is CCCCCCCCCCNC(=O)/C(C#N)=C(/C)c1ccc(O)cc1. The summed E-state index contributed by atoms with van der Waals surface area (Å²) in [6, 6.07) is 8.50. The zero-order valence-electron chi connectivity index (χ0n) is 15.5. The molecule has 0 atom stereocenters. The lowest BCUT2D eigenvalue weighted by Crippen LogP contribution is -2.26. The second kappa shape index (κ2) is 12.1. The molecule has 0 aliphatic heterocycles. The van der Waals surface area contributed by atoms with Gasteiger partial charge in [-0.1, -0.05) is 64.0 Å². The van der Waals surface area contributed by atoms with Crippen LogP contribution in [0.5, 0.6) is 5.75 Å². The molecule has 0 spiro atoms. The van der Waals surface area contributed by atoms with Crippen LogP contribution in [0.2, 0.25) is 0 Å². The number of phenols is 1. The summed E-state index contributed by atoms with van der Waals surface area (Å²) in [6.07, 6.45) is 9.72. The second-order valence-corrected chi connectivity index (χ2v) is 6.39. The molecule has 0 saturated heterocycles. The number of benzene rings is 1. The zero-order chi connectivity index (χ0) is 18.5. The zero-order valence-corrected chi connectivity index (χ0v) is 15.5. The molecule has 1 aromatic carbocycles. The van der Waals surface area contributed by atoms with Crippen molar-refractivity contribution in [2.75, 3.05) is 6.54 Å². The Morgan fingerprint density at radius 2 is 1.60 bits per heavy atom. The van der Waals surface area contributed by atoms with Gasteiger partial charge in [0.25, 0.3) is 5.91 Å². The average molecular weight is 342 g/mol. The Labute approximate surface area is 151 Å². The minimum absolute atomic E-state index is 0.130. The molecular weight excluding hydrogens is 312 g/mol. The molecule has 4 nitrogen and oxygen atoms in total. The number of carbonyl (C=O) groups excluding carboxylic acids is 1. The molecule has 0 bridgehead atoms. The van der Waals surface area contributed by atoms with E-state index in [1.54, 1.807) is 31.2 Å². The Morgan fingerprint density at radius 3 is 2.16 bits per heavy atom. The average Bonchev–Trinajstić information content (AvgIpc) is 2.61. The normalized spacial score (nSPS) is 11.6. The number of nitrogens with zero attached hydrogens (tertiary/aromatic N) is 1. The van der Waals surface area contributed by atoms with E-state index in [0.717, 1.165) is 18.4 Å². The maximum Gasteiger partial charge on any atom is 0.262 e. The minimum Gasteiger partial charge on any atom is -0.508 e. The number of rotatable bonds is 11. The van der Waals surface area contributed by atoms with Gasteiger partial charge in [-0.05, 0) is 36.6 Å². The molecule has 0 fully saturated rings. The molecule has 25 heavy (non-hydrogen) atoms. The van der Waals surface area contributed by atoms with Crippen molar-refractivity contribution in [2.45, 2.75) is 65.2 Å². The summed E-state index contributed by atoms with van der Waals surface area (Å²) in [5.74, 6) is -0.162.